The fraction of sp³-hybridized carbons (Fsp3) is 0.241. The van der Waals surface area contributed by atoms with Gasteiger partial charge in [-0.1, -0.05) is 6.07 Å². The molecule has 0 radical (unpaired) electrons. The van der Waals surface area contributed by atoms with Crippen LogP contribution in [0.5, 0.6) is 0 Å². The first-order chi connectivity index (χ1) is 19.7. The fourth-order valence-electron chi connectivity index (χ4n) is 5.43. The maximum Gasteiger partial charge on any atom is 0.329 e. The molecule has 3 aromatic heterocycles. The van der Waals surface area contributed by atoms with E-state index in [-0.39, 0.29) is 51.8 Å². The van der Waals surface area contributed by atoms with Gasteiger partial charge < -0.3 is 28.9 Å². The Hall–Kier alpha value is -4.84. The lowest BCUT2D eigenvalue weighted by Gasteiger charge is -2.29. The number of benzene rings is 2. The van der Waals surface area contributed by atoms with E-state index in [1.807, 2.05) is 19.0 Å². The van der Waals surface area contributed by atoms with E-state index in [1.165, 1.54) is 41.9 Å². The number of ether oxygens (including phenoxy) is 1. The van der Waals surface area contributed by atoms with Gasteiger partial charge in [-0.2, -0.15) is 0 Å². The lowest BCUT2D eigenvalue weighted by molar-refractivity contribution is -0.145. The van der Waals surface area contributed by atoms with Crippen LogP contribution in [0, 0.1) is 11.6 Å². The van der Waals surface area contributed by atoms with E-state index in [2.05, 4.69) is 15.0 Å². The molecule has 4 heterocycles. The van der Waals surface area contributed by atoms with E-state index in [9.17, 15) is 14.4 Å². The van der Waals surface area contributed by atoms with Crippen molar-refractivity contribution < 1.29 is 22.7 Å². The zero-order chi connectivity index (χ0) is 28.8. The summed E-state index contributed by atoms with van der Waals surface area (Å²) in [6.07, 6.45) is 3.97. The Balaban J connectivity index is 1.56. The third-order valence-corrected chi connectivity index (χ3v) is 7.34. The van der Waals surface area contributed by atoms with Gasteiger partial charge in [-0.05, 0) is 38.4 Å². The normalized spacial score (nSPS) is 16.6. The summed E-state index contributed by atoms with van der Waals surface area (Å²) in [7, 11) is 3.65. The van der Waals surface area contributed by atoms with Crippen LogP contribution in [0.4, 0.5) is 14.5 Å². The summed E-state index contributed by atoms with van der Waals surface area (Å²) in [5, 5.41) is 0.328. The van der Waals surface area contributed by atoms with Gasteiger partial charge in [-0.3, -0.25) is 9.59 Å². The van der Waals surface area contributed by atoms with E-state index in [1.54, 1.807) is 12.1 Å². The lowest BCUT2D eigenvalue weighted by atomic mass is 9.87. The number of hydrogen-bond acceptors (Lipinski definition) is 8. The maximum absolute atomic E-state index is 15.4. The number of aromatic nitrogens is 3. The molecular weight excluding hydrogens is 536 g/mol. The first kappa shape index (κ1) is 26.4. The van der Waals surface area contributed by atoms with Crippen molar-refractivity contribution >= 4 is 33.5 Å². The van der Waals surface area contributed by atoms with Crippen molar-refractivity contribution in [3.05, 3.63) is 104 Å². The molecule has 2 aromatic carbocycles. The highest BCUT2D eigenvalue weighted by Crippen LogP contribution is 2.49. The summed E-state index contributed by atoms with van der Waals surface area (Å²) in [5.74, 6) is -2.90. The molecule has 5 aromatic rings. The molecule has 12 heteroatoms. The second kappa shape index (κ2) is 10.3. The van der Waals surface area contributed by atoms with Crippen molar-refractivity contribution in [1.82, 2.24) is 19.9 Å². The third kappa shape index (κ3) is 4.55. The van der Waals surface area contributed by atoms with Gasteiger partial charge >= 0.3 is 5.97 Å². The molecule has 2 unspecified atom stereocenters. The number of furan rings is 1. The van der Waals surface area contributed by atoms with E-state index in [4.69, 9.17) is 9.15 Å². The molecule has 0 saturated heterocycles. The molecule has 1 aliphatic rings. The number of halogens is 2. The minimum absolute atomic E-state index is 0.0558. The largest absolute Gasteiger partial charge is 0.464 e. The van der Waals surface area contributed by atoms with E-state index >= 15 is 8.78 Å². The summed E-state index contributed by atoms with van der Waals surface area (Å²) in [5.41, 5.74) is 0.357. The summed E-state index contributed by atoms with van der Waals surface area (Å²) in [6.45, 7) is 0.248. The Morgan fingerprint density at radius 2 is 1.93 bits per heavy atom. The number of nitrogens with zero attached hydrogens (tertiary/aromatic N) is 3. The van der Waals surface area contributed by atoms with Crippen LogP contribution in [0.3, 0.4) is 0 Å². The van der Waals surface area contributed by atoms with Crippen molar-refractivity contribution in [2.75, 3.05) is 32.1 Å². The number of aromatic amines is 2. The number of H-pyrrole nitrogens is 2. The van der Waals surface area contributed by atoms with Gasteiger partial charge in [0.1, 0.15) is 29.9 Å². The van der Waals surface area contributed by atoms with Crippen LogP contribution in [-0.2, 0) is 16.1 Å². The van der Waals surface area contributed by atoms with Crippen molar-refractivity contribution in [2.24, 2.45) is 0 Å². The molecule has 2 N–H and O–H groups in total. The standard InChI is InChI=1S/C29H25F2N5O5/c1-35(2)7-9-41-29(39)25-23(17-4-3-6-32-27(17)37)24-22(12-20(31)16-5-8-40-26(16)24)36(25)13-15-10-18-21(11-19(15)30)33-14-34-28(18)38/h3-6,8,10-12,14,23,25H,7,9,13H2,1-2H3,(H,32,37)(H,33,34,38). The van der Waals surface area contributed by atoms with Crippen molar-refractivity contribution in [1.29, 1.82) is 0 Å². The zero-order valence-electron chi connectivity index (χ0n) is 22.1. The number of esters is 1. The molecule has 6 rings (SSSR count). The Morgan fingerprint density at radius 1 is 1.10 bits per heavy atom. The number of carbonyl (C=O) groups excluding carboxylic acids is 1. The Labute approximate surface area is 231 Å². The van der Waals surface area contributed by atoms with Crippen molar-refractivity contribution in [3.8, 4) is 0 Å². The van der Waals surface area contributed by atoms with E-state index in [0.29, 0.717) is 12.1 Å². The van der Waals surface area contributed by atoms with Gasteiger partial charge in [0.15, 0.2) is 0 Å². The predicted octanol–water partition coefficient (Wildman–Crippen LogP) is 3.26. The minimum Gasteiger partial charge on any atom is -0.464 e. The summed E-state index contributed by atoms with van der Waals surface area (Å²) < 4.78 is 42.1. The molecule has 0 fully saturated rings. The number of pyridine rings is 1. The highest BCUT2D eigenvalue weighted by atomic mass is 19.1. The van der Waals surface area contributed by atoms with Gasteiger partial charge in [0.05, 0.1) is 34.8 Å². The third-order valence-electron chi connectivity index (χ3n) is 7.34. The topological polar surface area (TPSA) is 125 Å². The van der Waals surface area contributed by atoms with Crippen LogP contribution in [-0.4, -0.2) is 59.1 Å². The maximum atomic E-state index is 15.4. The Bertz CT molecular complexity index is 1910. The van der Waals surface area contributed by atoms with Gasteiger partial charge in [0, 0.05) is 47.7 Å². The molecule has 41 heavy (non-hydrogen) atoms. The molecule has 0 spiro atoms. The first-order valence-corrected chi connectivity index (χ1v) is 12.9. The molecule has 10 nitrogen and oxygen atoms in total. The second-order valence-corrected chi connectivity index (χ2v) is 10.1. The van der Waals surface area contributed by atoms with Crippen molar-refractivity contribution in [3.63, 3.8) is 0 Å². The highest BCUT2D eigenvalue weighted by molar-refractivity contribution is 5.95. The summed E-state index contributed by atoms with van der Waals surface area (Å²) >= 11 is 0. The molecule has 1 aliphatic heterocycles. The van der Waals surface area contributed by atoms with Crippen LogP contribution < -0.4 is 16.0 Å². The van der Waals surface area contributed by atoms with Crippen molar-refractivity contribution in [2.45, 2.75) is 18.5 Å². The lowest BCUT2D eigenvalue weighted by Crippen LogP contribution is -2.43. The SMILES string of the molecule is CN(C)CCOC(=O)C1C(c2ccc[nH]c2=O)c2c(cc(F)c3ccoc23)N1Cc1cc2c(=O)[nH]cnc2cc1F. The number of carbonyl (C=O) groups is 1. The number of anilines is 1. The fourth-order valence-corrected chi connectivity index (χ4v) is 5.43. The summed E-state index contributed by atoms with van der Waals surface area (Å²) in [6, 6.07) is 7.22. The predicted molar refractivity (Wildman–Crippen MR) is 147 cm³/mol. The molecule has 2 atom stereocenters. The van der Waals surface area contributed by atoms with Crippen LogP contribution in [0.15, 0.2) is 69.2 Å². The smallest absolute Gasteiger partial charge is 0.329 e. The molecule has 210 valence electrons. The molecule has 0 aliphatic carbocycles. The first-order valence-electron chi connectivity index (χ1n) is 12.9. The number of likely N-dealkylation sites (N-methyl/N-ethyl adjacent to an activating group) is 1. The average molecular weight is 562 g/mol. The molecule has 0 bridgehead atoms. The van der Waals surface area contributed by atoms with E-state index < -0.39 is 40.7 Å². The van der Waals surface area contributed by atoms with Gasteiger partial charge in [0.25, 0.3) is 11.1 Å². The Kier molecular flexibility index (Phi) is 6.62. The number of fused-ring (bicyclic) bond motifs is 4. The van der Waals surface area contributed by atoms with E-state index in [0.717, 1.165) is 6.07 Å². The van der Waals surface area contributed by atoms with Gasteiger partial charge in [-0.25, -0.2) is 18.6 Å². The molecular formula is C29H25F2N5O5. The van der Waals surface area contributed by atoms with Crippen LogP contribution >= 0.6 is 0 Å². The van der Waals surface area contributed by atoms with Crippen LogP contribution in [0.25, 0.3) is 21.9 Å². The van der Waals surface area contributed by atoms with Crippen LogP contribution in [0.2, 0.25) is 0 Å². The number of rotatable bonds is 7. The zero-order valence-corrected chi connectivity index (χ0v) is 22.1. The monoisotopic (exact) mass is 561 g/mol. The Morgan fingerprint density at radius 3 is 2.71 bits per heavy atom. The number of hydrogen-bond donors (Lipinski definition) is 2. The van der Waals surface area contributed by atoms with Crippen LogP contribution in [0.1, 0.15) is 22.6 Å². The van der Waals surface area contributed by atoms with Gasteiger partial charge in [-0.15, -0.1) is 0 Å². The summed E-state index contributed by atoms with van der Waals surface area (Å²) in [4.78, 5) is 51.8. The van der Waals surface area contributed by atoms with Gasteiger partial charge in [0.2, 0.25) is 0 Å². The number of nitrogens with one attached hydrogen (secondary N) is 2. The average Bonchev–Trinajstić information content (AvgIpc) is 3.54. The molecule has 0 amide bonds. The highest BCUT2D eigenvalue weighted by Gasteiger charge is 2.48. The molecule has 0 saturated carbocycles. The second-order valence-electron chi connectivity index (χ2n) is 10.1. The quantitative estimate of drug-likeness (QED) is 0.290. The minimum atomic E-state index is -1.19.